The van der Waals surface area contributed by atoms with Crippen LogP contribution in [0.1, 0.15) is 23.2 Å². The van der Waals surface area contributed by atoms with Crippen molar-refractivity contribution in [3.63, 3.8) is 0 Å². The van der Waals surface area contributed by atoms with Crippen molar-refractivity contribution >= 4 is 5.91 Å². The van der Waals surface area contributed by atoms with Gasteiger partial charge in [0.25, 0.3) is 5.91 Å². The first-order valence-corrected chi connectivity index (χ1v) is 5.76. The third-order valence-corrected chi connectivity index (χ3v) is 3.31. The van der Waals surface area contributed by atoms with E-state index in [1.165, 1.54) is 12.5 Å². The lowest BCUT2D eigenvalue weighted by atomic mass is 10.0. The summed E-state index contributed by atoms with van der Waals surface area (Å²) in [4.78, 5) is 13.8. The van der Waals surface area contributed by atoms with Crippen LogP contribution in [0, 0.1) is 0 Å². The summed E-state index contributed by atoms with van der Waals surface area (Å²) in [6.45, 7) is 2.59. The second-order valence-electron chi connectivity index (χ2n) is 4.31. The first-order valence-electron chi connectivity index (χ1n) is 5.76. The molecule has 0 unspecified atom stereocenters. The van der Waals surface area contributed by atoms with Crippen molar-refractivity contribution in [3.8, 4) is 0 Å². The molecule has 0 aliphatic carbocycles. The number of ether oxygens (including phenoxy) is 2. The van der Waals surface area contributed by atoms with Crippen LogP contribution in [0.15, 0.2) is 17.0 Å². The zero-order valence-electron chi connectivity index (χ0n) is 9.42. The minimum Gasteiger partial charge on any atom is -0.364 e. The molecule has 2 fully saturated rings. The molecule has 1 aromatic rings. The van der Waals surface area contributed by atoms with Gasteiger partial charge >= 0.3 is 0 Å². The summed E-state index contributed by atoms with van der Waals surface area (Å²) in [6.07, 6.45) is 4.26. The van der Waals surface area contributed by atoms with Crippen LogP contribution in [0.5, 0.6) is 0 Å². The smallest absolute Gasteiger partial charge is 0.258 e. The van der Waals surface area contributed by atoms with Gasteiger partial charge in [-0.15, -0.1) is 0 Å². The predicted octanol–water partition coefficient (Wildman–Crippen LogP) is 0.654. The number of rotatable bonds is 1. The Labute approximate surface area is 98.5 Å². The van der Waals surface area contributed by atoms with Gasteiger partial charge < -0.3 is 18.9 Å². The van der Waals surface area contributed by atoms with E-state index in [9.17, 15) is 4.79 Å². The monoisotopic (exact) mass is 238 g/mol. The summed E-state index contributed by atoms with van der Waals surface area (Å²) in [5, 5.41) is 3.54. The van der Waals surface area contributed by atoms with Gasteiger partial charge in [-0.2, -0.15) is 0 Å². The van der Waals surface area contributed by atoms with Crippen LogP contribution in [0.25, 0.3) is 0 Å². The lowest BCUT2D eigenvalue weighted by molar-refractivity contribution is -0.181. The molecule has 0 radical (unpaired) electrons. The maximum Gasteiger partial charge on any atom is 0.258 e. The molecule has 2 aliphatic rings. The molecule has 0 N–H and O–H groups in total. The zero-order chi connectivity index (χ0) is 11.7. The van der Waals surface area contributed by atoms with Gasteiger partial charge in [0.2, 0.25) is 0 Å². The molecule has 3 rings (SSSR count). The van der Waals surface area contributed by atoms with Crippen LogP contribution in [0.4, 0.5) is 0 Å². The highest BCUT2D eigenvalue weighted by Gasteiger charge is 2.40. The van der Waals surface area contributed by atoms with Crippen LogP contribution >= 0.6 is 0 Å². The van der Waals surface area contributed by atoms with E-state index in [1.807, 2.05) is 0 Å². The minimum absolute atomic E-state index is 0.0425. The molecule has 17 heavy (non-hydrogen) atoms. The number of carbonyl (C=O) groups is 1. The highest BCUT2D eigenvalue weighted by atomic mass is 16.7. The number of likely N-dealkylation sites (tertiary alicyclic amines) is 1. The highest BCUT2D eigenvalue weighted by molar-refractivity contribution is 5.93. The zero-order valence-corrected chi connectivity index (χ0v) is 9.42. The summed E-state index contributed by atoms with van der Waals surface area (Å²) in [7, 11) is 0. The number of carbonyl (C=O) groups excluding carboxylic acids is 1. The van der Waals surface area contributed by atoms with E-state index in [-0.39, 0.29) is 5.91 Å². The molecule has 1 spiro atoms. The molecule has 0 atom stereocenters. The van der Waals surface area contributed by atoms with Gasteiger partial charge in [-0.3, -0.25) is 4.79 Å². The fourth-order valence-electron chi connectivity index (χ4n) is 2.33. The van der Waals surface area contributed by atoms with Gasteiger partial charge in [0, 0.05) is 25.9 Å². The molecule has 1 aromatic heterocycles. The average Bonchev–Trinajstić information content (AvgIpc) is 3.01. The van der Waals surface area contributed by atoms with E-state index in [0.29, 0.717) is 31.9 Å². The van der Waals surface area contributed by atoms with E-state index in [0.717, 1.165) is 12.8 Å². The average molecular weight is 238 g/mol. The fraction of sp³-hybridized carbons (Fsp3) is 0.636. The number of hydrogen-bond acceptors (Lipinski definition) is 5. The van der Waals surface area contributed by atoms with Crippen LogP contribution in [0.3, 0.4) is 0 Å². The number of piperidine rings is 1. The molecule has 0 saturated carbocycles. The van der Waals surface area contributed by atoms with Crippen molar-refractivity contribution in [2.75, 3.05) is 26.3 Å². The quantitative estimate of drug-likeness (QED) is 0.719. The fourth-order valence-corrected chi connectivity index (χ4v) is 2.33. The van der Waals surface area contributed by atoms with Gasteiger partial charge in [-0.05, 0) is 0 Å². The normalized spacial score (nSPS) is 23.2. The van der Waals surface area contributed by atoms with E-state index < -0.39 is 5.79 Å². The summed E-state index contributed by atoms with van der Waals surface area (Å²) >= 11 is 0. The molecule has 0 aromatic carbocycles. The van der Waals surface area contributed by atoms with Crippen molar-refractivity contribution in [2.24, 2.45) is 0 Å². The number of aromatic nitrogens is 1. The van der Waals surface area contributed by atoms with Gasteiger partial charge in [-0.25, -0.2) is 0 Å². The Morgan fingerprint density at radius 3 is 2.59 bits per heavy atom. The molecule has 6 heteroatoms. The number of amides is 1. The van der Waals surface area contributed by atoms with Crippen LogP contribution in [-0.2, 0) is 9.47 Å². The third-order valence-electron chi connectivity index (χ3n) is 3.31. The maximum absolute atomic E-state index is 12.0. The van der Waals surface area contributed by atoms with E-state index >= 15 is 0 Å². The molecule has 2 saturated heterocycles. The lowest BCUT2D eigenvalue weighted by Gasteiger charge is -2.37. The number of nitrogens with zero attached hydrogens (tertiary/aromatic N) is 2. The summed E-state index contributed by atoms with van der Waals surface area (Å²) < 4.78 is 15.9. The predicted molar refractivity (Wildman–Crippen MR) is 56.3 cm³/mol. The summed E-state index contributed by atoms with van der Waals surface area (Å²) in [5.74, 6) is -0.482. The van der Waals surface area contributed by atoms with Gasteiger partial charge in [0.1, 0.15) is 6.26 Å². The topological polar surface area (TPSA) is 64.8 Å². The lowest BCUT2D eigenvalue weighted by Crippen LogP contribution is -2.47. The Morgan fingerprint density at radius 1 is 1.29 bits per heavy atom. The van der Waals surface area contributed by atoms with Crippen molar-refractivity contribution in [1.29, 1.82) is 0 Å². The SMILES string of the molecule is O=C(c1cnoc1)N1CCC2(CC1)OCCO2. The second-order valence-corrected chi connectivity index (χ2v) is 4.31. The largest absolute Gasteiger partial charge is 0.364 e. The van der Waals surface area contributed by atoms with Crippen molar-refractivity contribution in [3.05, 3.63) is 18.0 Å². The molecule has 92 valence electrons. The van der Waals surface area contributed by atoms with Gasteiger partial charge in [-0.1, -0.05) is 5.16 Å². The first kappa shape index (κ1) is 10.7. The molecule has 2 aliphatic heterocycles. The molecule has 1 amide bonds. The van der Waals surface area contributed by atoms with Crippen molar-refractivity contribution < 1.29 is 18.8 Å². The van der Waals surface area contributed by atoms with Crippen LogP contribution < -0.4 is 0 Å². The van der Waals surface area contributed by atoms with Crippen LogP contribution in [0.2, 0.25) is 0 Å². The summed E-state index contributed by atoms with van der Waals surface area (Å²) in [5.41, 5.74) is 0.495. The summed E-state index contributed by atoms with van der Waals surface area (Å²) in [6, 6.07) is 0. The van der Waals surface area contributed by atoms with E-state index in [1.54, 1.807) is 4.90 Å². The standard InChI is InChI=1S/C11H14N2O4/c14-10(9-7-12-17-8-9)13-3-1-11(2-4-13)15-5-6-16-11/h7-8H,1-6H2. The Balaban J connectivity index is 1.63. The molecule has 3 heterocycles. The van der Waals surface area contributed by atoms with Gasteiger partial charge in [0.15, 0.2) is 5.79 Å². The molecule has 0 bridgehead atoms. The van der Waals surface area contributed by atoms with E-state index in [4.69, 9.17) is 9.47 Å². The highest BCUT2D eigenvalue weighted by Crippen LogP contribution is 2.31. The van der Waals surface area contributed by atoms with Crippen LogP contribution in [-0.4, -0.2) is 48.1 Å². The van der Waals surface area contributed by atoms with Gasteiger partial charge in [0.05, 0.1) is 25.0 Å². The third kappa shape index (κ3) is 1.94. The first-order chi connectivity index (χ1) is 8.29. The second kappa shape index (κ2) is 4.12. The maximum atomic E-state index is 12.0. The Hall–Kier alpha value is -1.40. The van der Waals surface area contributed by atoms with E-state index in [2.05, 4.69) is 9.68 Å². The molecular formula is C11H14N2O4. The molecule has 6 nitrogen and oxygen atoms in total. The Morgan fingerprint density at radius 2 is 2.00 bits per heavy atom. The van der Waals surface area contributed by atoms with Crippen molar-refractivity contribution in [2.45, 2.75) is 18.6 Å². The molecular weight excluding hydrogens is 224 g/mol. The Bertz CT molecular complexity index is 388. The van der Waals surface area contributed by atoms with Crippen molar-refractivity contribution in [1.82, 2.24) is 10.1 Å². The Kier molecular flexibility index (Phi) is 2.60. The minimum atomic E-state index is -0.439. The number of hydrogen-bond donors (Lipinski definition) is 0.